The molecule has 7 nitrogen and oxygen atoms in total. The Balaban J connectivity index is 0.000000298. The molecule has 0 spiro atoms. The molecule has 1 N–H and O–H groups in total. The summed E-state index contributed by atoms with van der Waals surface area (Å²) in [5.41, 5.74) is 1.27. The van der Waals surface area contributed by atoms with Crippen molar-refractivity contribution in [2.75, 3.05) is 20.3 Å². The minimum absolute atomic E-state index is 0.478. The Morgan fingerprint density at radius 1 is 1.42 bits per heavy atom. The molecule has 144 valence electrons. The van der Waals surface area contributed by atoms with Crippen LogP contribution in [0.2, 0.25) is 0 Å². The van der Waals surface area contributed by atoms with Gasteiger partial charge in [-0.2, -0.15) is 18.3 Å². The van der Waals surface area contributed by atoms with Crippen molar-refractivity contribution in [3.63, 3.8) is 0 Å². The first-order chi connectivity index (χ1) is 12.3. The summed E-state index contributed by atoms with van der Waals surface area (Å²) in [6.07, 6.45) is -1.33. The van der Waals surface area contributed by atoms with Crippen LogP contribution in [0.3, 0.4) is 0 Å². The second-order valence-electron chi connectivity index (χ2n) is 5.72. The van der Waals surface area contributed by atoms with Crippen LogP contribution in [0.1, 0.15) is 10.7 Å². The van der Waals surface area contributed by atoms with Crippen LogP contribution >= 0.6 is 11.3 Å². The second-order valence-corrected chi connectivity index (χ2v) is 6.70. The van der Waals surface area contributed by atoms with E-state index in [1.54, 1.807) is 18.4 Å². The van der Waals surface area contributed by atoms with E-state index in [1.165, 1.54) is 10.7 Å². The van der Waals surface area contributed by atoms with Gasteiger partial charge < -0.3 is 9.84 Å². The molecule has 2 aromatic rings. The summed E-state index contributed by atoms with van der Waals surface area (Å²) in [5.74, 6) is -2.28. The van der Waals surface area contributed by atoms with Gasteiger partial charge in [0.15, 0.2) is 0 Å². The number of methoxy groups -OCH3 is 1. The number of thiazole rings is 1. The van der Waals surface area contributed by atoms with Gasteiger partial charge >= 0.3 is 12.1 Å². The van der Waals surface area contributed by atoms with Gasteiger partial charge in [0.05, 0.1) is 18.8 Å². The van der Waals surface area contributed by atoms with Crippen molar-refractivity contribution >= 4 is 17.3 Å². The number of aromatic nitrogens is 3. The van der Waals surface area contributed by atoms with Gasteiger partial charge in [0, 0.05) is 50.4 Å². The van der Waals surface area contributed by atoms with Gasteiger partial charge in [-0.25, -0.2) is 9.78 Å². The molecule has 0 fully saturated rings. The van der Waals surface area contributed by atoms with Gasteiger partial charge in [-0.05, 0) is 6.07 Å². The molecule has 0 saturated carbocycles. The lowest BCUT2D eigenvalue weighted by Crippen LogP contribution is -2.29. The molecule has 1 aliphatic rings. The first kappa shape index (κ1) is 20.3. The van der Waals surface area contributed by atoms with Crippen molar-refractivity contribution < 1.29 is 27.8 Å². The third-order valence-corrected chi connectivity index (χ3v) is 4.39. The van der Waals surface area contributed by atoms with Crippen molar-refractivity contribution in [1.29, 1.82) is 0 Å². The highest BCUT2D eigenvalue weighted by atomic mass is 32.1. The summed E-state index contributed by atoms with van der Waals surface area (Å²) < 4.78 is 39.2. The Hall–Kier alpha value is -1.98. The largest absolute Gasteiger partial charge is 0.490 e. The maximum absolute atomic E-state index is 10.6. The average Bonchev–Trinajstić information content (AvgIpc) is 3.17. The number of ether oxygens (including phenoxy) is 1. The number of carboxylic acids is 1. The third-order valence-electron chi connectivity index (χ3n) is 3.62. The summed E-state index contributed by atoms with van der Waals surface area (Å²) >= 11 is 1.71. The van der Waals surface area contributed by atoms with Gasteiger partial charge in [-0.3, -0.25) is 9.58 Å². The zero-order valence-electron chi connectivity index (χ0n) is 14.0. The number of carbonyl (C=O) groups is 1. The van der Waals surface area contributed by atoms with Crippen LogP contribution in [0.4, 0.5) is 13.2 Å². The summed E-state index contributed by atoms with van der Waals surface area (Å²) in [5, 5.41) is 14.7. The number of halogens is 3. The Labute approximate surface area is 152 Å². The van der Waals surface area contributed by atoms with Crippen LogP contribution < -0.4 is 0 Å². The highest BCUT2D eigenvalue weighted by molar-refractivity contribution is 7.09. The lowest BCUT2D eigenvalue weighted by Gasteiger charge is -2.22. The number of hydrogen-bond donors (Lipinski definition) is 1. The first-order valence-corrected chi connectivity index (χ1v) is 8.58. The van der Waals surface area contributed by atoms with Crippen molar-refractivity contribution in [3.8, 4) is 0 Å². The molecule has 2 aromatic heterocycles. The van der Waals surface area contributed by atoms with Crippen molar-refractivity contribution in [1.82, 2.24) is 19.7 Å². The Bertz CT molecular complexity index is 691. The highest BCUT2D eigenvalue weighted by Crippen LogP contribution is 2.19. The van der Waals surface area contributed by atoms with Gasteiger partial charge in [0.1, 0.15) is 5.01 Å². The minimum atomic E-state index is -5.08. The van der Waals surface area contributed by atoms with E-state index < -0.39 is 12.1 Å². The van der Waals surface area contributed by atoms with E-state index in [9.17, 15) is 13.2 Å². The molecule has 0 radical (unpaired) electrons. The van der Waals surface area contributed by atoms with Gasteiger partial charge in [0.2, 0.25) is 0 Å². The zero-order valence-corrected chi connectivity index (χ0v) is 14.8. The molecule has 0 aliphatic carbocycles. The van der Waals surface area contributed by atoms with Crippen molar-refractivity contribution in [2.24, 2.45) is 5.92 Å². The Kier molecular flexibility index (Phi) is 7.12. The molecule has 26 heavy (non-hydrogen) atoms. The molecule has 3 rings (SSSR count). The minimum Gasteiger partial charge on any atom is -0.475 e. The van der Waals surface area contributed by atoms with Gasteiger partial charge in [-0.1, -0.05) is 0 Å². The number of hydrogen-bond acceptors (Lipinski definition) is 6. The highest BCUT2D eigenvalue weighted by Gasteiger charge is 2.38. The molecular formula is C15H19F3N4O3S. The SMILES string of the molecule is COCC1CN(Cc2nccs2)Cc2ccnn2C1.O=C(O)C(F)(F)F. The Morgan fingerprint density at radius 3 is 2.73 bits per heavy atom. The van der Waals surface area contributed by atoms with Crippen LogP contribution in [0.15, 0.2) is 23.8 Å². The third kappa shape index (κ3) is 6.07. The molecule has 0 saturated heterocycles. The summed E-state index contributed by atoms with van der Waals surface area (Å²) in [6, 6.07) is 2.10. The van der Waals surface area contributed by atoms with Crippen LogP contribution in [-0.2, 0) is 29.2 Å². The van der Waals surface area contributed by atoms with Crippen LogP contribution in [0.5, 0.6) is 0 Å². The fourth-order valence-electron chi connectivity index (χ4n) is 2.60. The average molecular weight is 392 g/mol. The predicted molar refractivity (Wildman–Crippen MR) is 87.5 cm³/mol. The molecular weight excluding hydrogens is 373 g/mol. The van der Waals surface area contributed by atoms with Gasteiger partial charge in [-0.15, -0.1) is 11.3 Å². The van der Waals surface area contributed by atoms with E-state index in [1.807, 2.05) is 17.8 Å². The molecule has 11 heteroatoms. The molecule has 1 atom stereocenters. The lowest BCUT2D eigenvalue weighted by atomic mass is 10.1. The van der Waals surface area contributed by atoms with E-state index in [4.69, 9.17) is 14.6 Å². The topological polar surface area (TPSA) is 80.5 Å². The monoisotopic (exact) mass is 392 g/mol. The van der Waals surface area contributed by atoms with Crippen molar-refractivity contribution in [2.45, 2.75) is 25.8 Å². The number of aliphatic carboxylic acids is 1. The number of nitrogens with zero attached hydrogens (tertiary/aromatic N) is 4. The van der Waals surface area contributed by atoms with Gasteiger partial charge in [0.25, 0.3) is 0 Å². The molecule has 3 heterocycles. The predicted octanol–water partition coefficient (Wildman–Crippen LogP) is 2.25. The Morgan fingerprint density at radius 2 is 2.15 bits per heavy atom. The quantitative estimate of drug-likeness (QED) is 0.860. The standard InChI is InChI=1S/C13H18N4OS.C2HF3O2/c1-18-10-11-6-16(9-13-14-4-5-19-13)8-12-2-3-15-17(12)7-11;3-2(4,5)1(6)7/h2-5,11H,6-10H2,1H3;(H,6,7). The molecule has 0 aromatic carbocycles. The van der Waals surface area contributed by atoms with E-state index in [2.05, 4.69) is 25.7 Å². The lowest BCUT2D eigenvalue weighted by molar-refractivity contribution is -0.192. The molecule has 0 bridgehead atoms. The van der Waals surface area contributed by atoms with Crippen LogP contribution in [0.25, 0.3) is 0 Å². The smallest absolute Gasteiger partial charge is 0.475 e. The normalized spacial score (nSPS) is 17.8. The second kappa shape index (κ2) is 9.10. The van der Waals surface area contributed by atoms with E-state index in [-0.39, 0.29) is 0 Å². The zero-order chi connectivity index (χ0) is 19.2. The fourth-order valence-corrected chi connectivity index (χ4v) is 3.26. The molecule has 1 unspecified atom stereocenters. The number of carboxylic acid groups (broad SMARTS) is 1. The summed E-state index contributed by atoms with van der Waals surface area (Å²) in [7, 11) is 1.76. The van der Waals surface area contributed by atoms with E-state index >= 15 is 0 Å². The number of alkyl halides is 3. The van der Waals surface area contributed by atoms with E-state index in [0.717, 1.165) is 32.8 Å². The van der Waals surface area contributed by atoms with Crippen molar-refractivity contribution in [3.05, 3.63) is 34.5 Å². The molecule has 0 amide bonds. The van der Waals surface area contributed by atoms with E-state index in [0.29, 0.717) is 5.92 Å². The molecule has 1 aliphatic heterocycles. The number of rotatable bonds is 4. The fraction of sp³-hybridized carbons (Fsp3) is 0.533. The summed E-state index contributed by atoms with van der Waals surface area (Å²) in [4.78, 5) is 15.7. The van der Waals surface area contributed by atoms with Crippen LogP contribution in [-0.4, -0.2) is 57.2 Å². The van der Waals surface area contributed by atoms with Crippen LogP contribution in [0, 0.1) is 5.92 Å². The maximum atomic E-state index is 10.6. The number of fused-ring (bicyclic) bond motifs is 1. The first-order valence-electron chi connectivity index (χ1n) is 7.70. The summed E-state index contributed by atoms with van der Waals surface area (Å²) in [6.45, 7) is 4.57. The maximum Gasteiger partial charge on any atom is 0.490 e.